The normalized spacial score (nSPS) is 12.7. The topological polar surface area (TPSA) is 62.4 Å². The number of rotatable bonds is 6. The van der Waals surface area contributed by atoms with Crippen LogP contribution in [0.15, 0.2) is 4.99 Å². The number of hydrogen-bond donors (Lipinski definition) is 3. The van der Waals surface area contributed by atoms with Crippen LogP contribution in [-0.2, 0) is 0 Å². The standard InChI is InChI=1S/C9H19F3N4/c1-2-3-6-14-8(16-13)15-7-4-5-9(10,11)12/h2-7,13H2,1H3,(H2,14,15,16). The first kappa shape index (κ1) is 15.0. The van der Waals surface area contributed by atoms with Crippen molar-refractivity contribution in [3.8, 4) is 0 Å². The molecule has 0 aliphatic rings. The van der Waals surface area contributed by atoms with Crippen molar-refractivity contribution < 1.29 is 13.2 Å². The number of guanidine groups is 1. The quantitative estimate of drug-likeness (QED) is 0.217. The van der Waals surface area contributed by atoms with Crippen molar-refractivity contribution in [3.63, 3.8) is 0 Å². The zero-order chi connectivity index (χ0) is 12.4. The van der Waals surface area contributed by atoms with Gasteiger partial charge in [0.25, 0.3) is 0 Å². The SMILES string of the molecule is CCCCNC(=NCCCC(F)(F)F)NN. The Morgan fingerprint density at radius 1 is 1.31 bits per heavy atom. The van der Waals surface area contributed by atoms with Crippen molar-refractivity contribution in [2.75, 3.05) is 13.1 Å². The Morgan fingerprint density at radius 3 is 2.50 bits per heavy atom. The van der Waals surface area contributed by atoms with Crippen LogP contribution < -0.4 is 16.6 Å². The first-order valence-corrected chi connectivity index (χ1v) is 5.31. The fourth-order valence-corrected chi connectivity index (χ4v) is 1.01. The Kier molecular flexibility index (Phi) is 7.70. The summed E-state index contributed by atoms with van der Waals surface area (Å²) >= 11 is 0. The highest BCUT2D eigenvalue weighted by molar-refractivity contribution is 5.79. The maximum Gasteiger partial charge on any atom is 0.389 e. The molecule has 0 saturated carbocycles. The molecule has 0 fully saturated rings. The van der Waals surface area contributed by atoms with Crippen LogP contribution in [0.2, 0.25) is 0 Å². The van der Waals surface area contributed by atoms with E-state index in [0.29, 0.717) is 12.5 Å². The van der Waals surface area contributed by atoms with Crippen molar-refractivity contribution in [2.24, 2.45) is 10.8 Å². The van der Waals surface area contributed by atoms with Crippen molar-refractivity contribution >= 4 is 5.96 Å². The van der Waals surface area contributed by atoms with Crippen LogP contribution in [-0.4, -0.2) is 25.2 Å². The summed E-state index contributed by atoms with van der Waals surface area (Å²) in [7, 11) is 0. The third-order valence-electron chi connectivity index (χ3n) is 1.85. The van der Waals surface area contributed by atoms with Crippen LogP contribution in [0.3, 0.4) is 0 Å². The summed E-state index contributed by atoms with van der Waals surface area (Å²) in [5, 5.41) is 2.90. The van der Waals surface area contributed by atoms with Crippen LogP contribution in [0, 0.1) is 0 Å². The second-order valence-electron chi connectivity index (χ2n) is 3.37. The van der Waals surface area contributed by atoms with Crippen LogP contribution in [0.4, 0.5) is 13.2 Å². The molecule has 0 aromatic heterocycles. The molecule has 0 radical (unpaired) electrons. The summed E-state index contributed by atoms with van der Waals surface area (Å²) in [4.78, 5) is 3.89. The van der Waals surface area contributed by atoms with Gasteiger partial charge >= 0.3 is 6.18 Å². The number of nitrogens with zero attached hydrogens (tertiary/aromatic N) is 1. The van der Waals surface area contributed by atoms with Gasteiger partial charge in [0.1, 0.15) is 0 Å². The fraction of sp³-hybridized carbons (Fsp3) is 0.889. The molecule has 0 spiro atoms. The lowest BCUT2D eigenvalue weighted by Gasteiger charge is -2.08. The molecule has 0 unspecified atom stereocenters. The number of nitrogens with two attached hydrogens (primary N) is 1. The Labute approximate surface area is 93.5 Å². The lowest BCUT2D eigenvalue weighted by Crippen LogP contribution is -2.42. The Bertz CT molecular complexity index is 203. The number of hydrazine groups is 1. The Morgan fingerprint density at radius 2 is 2.00 bits per heavy atom. The van der Waals surface area contributed by atoms with E-state index in [2.05, 4.69) is 15.7 Å². The summed E-state index contributed by atoms with van der Waals surface area (Å²) in [6.07, 6.45) is -2.96. The molecular formula is C9H19F3N4. The van der Waals surface area contributed by atoms with Gasteiger partial charge in [-0.1, -0.05) is 13.3 Å². The van der Waals surface area contributed by atoms with Crippen molar-refractivity contribution in [1.29, 1.82) is 0 Å². The smallest absolute Gasteiger partial charge is 0.355 e. The van der Waals surface area contributed by atoms with E-state index >= 15 is 0 Å². The fourth-order valence-electron chi connectivity index (χ4n) is 1.01. The summed E-state index contributed by atoms with van der Waals surface area (Å²) in [5.41, 5.74) is 2.32. The maximum atomic E-state index is 11.8. The van der Waals surface area contributed by atoms with Gasteiger partial charge in [0.05, 0.1) is 0 Å². The van der Waals surface area contributed by atoms with Gasteiger partial charge in [-0.05, 0) is 12.8 Å². The predicted molar refractivity (Wildman–Crippen MR) is 57.8 cm³/mol. The molecule has 0 atom stereocenters. The molecule has 16 heavy (non-hydrogen) atoms. The molecule has 4 N–H and O–H groups in total. The van der Waals surface area contributed by atoms with E-state index in [0.717, 1.165) is 12.8 Å². The predicted octanol–water partition coefficient (Wildman–Crippen LogP) is 1.54. The van der Waals surface area contributed by atoms with E-state index in [4.69, 9.17) is 5.84 Å². The van der Waals surface area contributed by atoms with Gasteiger partial charge in [0.2, 0.25) is 5.96 Å². The van der Waals surface area contributed by atoms with E-state index in [1.54, 1.807) is 0 Å². The first-order valence-electron chi connectivity index (χ1n) is 5.31. The molecule has 96 valence electrons. The van der Waals surface area contributed by atoms with Gasteiger partial charge in [-0.15, -0.1) is 0 Å². The monoisotopic (exact) mass is 240 g/mol. The van der Waals surface area contributed by atoms with Gasteiger partial charge in [-0.2, -0.15) is 13.2 Å². The highest BCUT2D eigenvalue weighted by atomic mass is 19.4. The molecule has 0 aliphatic heterocycles. The molecule has 0 saturated heterocycles. The summed E-state index contributed by atoms with van der Waals surface area (Å²) in [6, 6.07) is 0. The van der Waals surface area contributed by atoms with Gasteiger partial charge in [0.15, 0.2) is 0 Å². The number of alkyl halides is 3. The van der Waals surface area contributed by atoms with Gasteiger partial charge in [0, 0.05) is 19.5 Å². The average Bonchev–Trinajstić information content (AvgIpc) is 2.20. The number of nitrogens with one attached hydrogen (secondary N) is 2. The minimum absolute atomic E-state index is 0.0237. The Hall–Kier alpha value is -0.980. The lowest BCUT2D eigenvalue weighted by atomic mass is 10.3. The second kappa shape index (κ2) is 8.20. The molecule has 7 heteroatoms. The molecule has 0 amide bonds. The zero-order valence-corrected chi connectivity index (χ0v) is 9.40. The minimum atomic E-state index is -4.11. The molecular weight excluding hydrogens is 221 g/mol. The van der Waals surface area contributed by atoms with Crippen molar-refractivity contribution in [3.05, 3.63) is 0 Å². The number of aliphatic imine (C=N–C) groups is 1. The van der Waals surface area contributed by atoms with E-state index in [1.807, 2.05) is 6.92 Å². The highest BCUT2D eigenvalue weighted by Crippen LogP contribution is 2.20. The van der Waals surface area contributed by atoms with Crippen LogP contribution in [0.25, 0.3) is 0 Å². The molecule has 0 heterocycles. The van der Waals surface area contributed by atoms with Gasteiger partial charge in [-0.25, -0.2) is 5.84 Å². The molecule has 0 aromatic rings. The number of unbranched alkanes of at least 4 members (excludes halogenated alkanes) is 1. The molecule has 0 rings (SSSR count). The highest BCUT2D eigenvalue weighted by Gasteiger charge is 2.25. The third kappa shape index (κ3) is 9.57. The Balaban J connectivity index is 3.71. The van der Waals surface area contributed by atoms with E-state index in [1.165, 1.54) is 0 Å². The summed E-state index contributed by atoms with van der Waals surface area (Å²) in [5.74, 6) is 5.50. The molecule has 0 bridgehead atoms. The molecule has 0 aromatic carbocycles. The largest absolute Gasteiger partial charge is 0.389 e. The van der Waals surface area contributed by atoms with Gasteiger partial charge < -0.3 is 5.32 Å². The van der Waals surface area contributed by atoms with Crippen molar-refractivity contribution in [2.45, 2.75) is 38.8 Å². The summed E-state index contributed by atoms with van der Waals surface area (Å²) in [6.45, 7) is 2.86. The minimum Gasteiger partial charge on any atom is -0.355 e. The molecule has 4 nitrogen and oxygen atoms in total. The zero-order valence-electron chi connectivity index (χ0n) is 9.40. The van der Waals surface area contributed by atoms with Crippen molar-refractivity contribution in [1.82, 2.24) is 10.7 Å². The first-order chi connectivity index (χ1) is 7.49. The number of hydrogen-bond acceptors (Lipinski definition) is 2. The number of halogens is 3. The third-order valence-corrected chi connectivity index (χ3v) is 1.85. The average molecular weight is 240 g/mol. The lowest BCUT2D eigenvalue weighted by molar-refractivity contribution is -0.134. The second-order valence-corrected chi connectivity index (χ2v) is 3.37. The van der Waals surface area contributed by atoms with Crippen LogP contribution in [0.5, 0.6) is 0 Å². The van der Waals surface area contributed by atoms with Crippen LogP contribution >= 0.6 is 0 Å². The van der Waals surface area contributed by atoms with Gasteiger partial charge in [-0.3, -0.25) is 10.4 Å². The van der Waals surface area contributed by atoms with E-state index in [-0.39, 0.29) is 13.0 Å². The van der Waals surface area contributed by atoms with E-state index < -0.39 is 12.6 Å². The summed E-state index contributed by atoms with van der Waals surface area (Å²) < 4.78 is 35.4. The maximum absolute atomic E-state index is 11.8. The van der Waals surface area contributed by atoms with Crippen LogP contribution in [0.1, 0.15) is 32.6 Å². The van der Waals surface area contributed by atoms with E-state index in [9.17, 15) is 13.2 Å². The molecule has 0 aliphatic carbocycles.